The molecule has 0 aromatic heterocycles. The van der Waals surface area contributed by atoms with Gasteiger partial charge in [-0.05, 0) is 0 Å². The maximum atomic E-state index is 11.7. The lowest BCUT2D eigenvalue weighted by Crippen LogP contribution is -2.34. The van der Waals surface area contributed by atoms with E-state index in [2.05, 4.69) is 17.0 Å². The average molecular weight is 258 g/mol. The van der Waals surface area contributed by atoms with Crippen molar-refractivity contribution in [1.82, 2.24) is 4.90 Å². The van der Waals surface area contributed by atoms with Crippen molar-refractivity contribution in [3.8, 4) is 0 Å². The van der Waals surface area contributed by atoms with Crippen LogP contribution in [0.25, 0.3) is 0 Å². The summed E-state index contributed by atoms with van der Waals surface area (Å²) in [6, 6.07) is 0. The first kappa shape index (κ1) is 15.1. The second-order valence-electron chi connectivity index (χ2n) is 3.14. The molecule has 0 aromatic carbocycles. The first-order valence-corrected chi connectivity index (χ1v) is 4.80. The monoisotopic (exact) mass is 258 g/mol. The van der Waals surface area contributed by atoms with Crippen LogP contribution >= 0.6 is 12.2 Å². The van der Waals surface area contributed by atoms with Gasteiger partial charge in [0.2, 0.25) is 5.91 Å². The van der Waals surface area contributed by atoms with Crippen molar-refractivity contribution in [2.24, 2.45) is 5.73 Å². The second-order valence-corrected chi connectivity index (χ2v) is 3.66. The molecule has 0 saturated carbocycles. The van der Waals surface area contributed by atoms with Crippen molar-refractivity contribution in [2.45, 2.75) is 12.6 Å². The molecule has 8 heteroatoms. The highest BCUT2D eigenvalue weighted by atomic mass is 32.1. The fourth-order valence-corrected chi connectivity index (χ4v) is 0.858. The molecule has 0 radical (unpaired) electrons. The van der Waals surface area contributed by atoms with Crippen LogP contribution in [-0.2, 0) is 9.53 Å². The van der Waals surface area contributed by atoms with E-state index >= 15 is 0 Å². The molecule has 1 amide bonds. The van der Waals surface area contributed by atoms with Crippen LogP contribution < -0.4 is 5.73 Å². The number of ether oxygens (including phenoxy) is 1. The minimum Gasteiger partial charge on any atom is -0.393 e. The largest absolute Gasteiger partial charge is 0.411 e. The summed E-state index contributed by atoms with van der Waals surface area (Å²) >= 11 is 4.60. The first-order valence-electron chi connectivity index (χ1n) is 4.39. The first-order chi connectivity index (χ1) is 7.22. The van der Waals surface area contributed by atoms with E-state index in [0.29, 0.717) is 6.42 Å². The summed E-state index contributed by atoms with van der Waals surface area (Å²) < 4.78 is 39.2. The number of amides is 1. The molecule has 4 nitrogen and oxygen atoms in total. The van der Waals surface area contributed by atoms with Gasteiger partial charge in [-0.3, -0.25) is 4.79 Å². The van der Waals surface area contributed by atoms with Crippen molar-refractivity contribution in [1.29, 1.82) is 0 Å². The Hall–Kier alpha value is -0.890. The van der Waals surface area contributed by atoms with E-state index < -0.39 is 25.3 Å². The molecule has 0 spiro atoms. The Labute approximate surface area is 96.5 Å². The van der Waals surface area contributed by atoms with Gasteiger partial charge in [0.05, 0.1) is 4.99 Å². The summed E-state index contributed by atoms with van der Waals surface area (Å²) in [5.74, 6) is -0.541. The number of thiocarbonyl (C=S) groups is 1. The SMILES string of the molecule is CN(CCC(N)=S)C(=O)COCC(F)(F)F. The fraction of sp³-hybridized carbons (Fsp3) is 0.750. The highest BCUT2D eigenvalue weighted by molar-refractivity contribution is 7.80. The molecule has 2 N–H and O–H groups in total. The molecule has 0 aliphatic carbocycles. The zero-order valence-corrected chi connectivity index (χ0v) is 9.53. The van der Waals surface area contributed by atoms with Gasteiger partial charge in [-0.15, -0.1) is 0 Å². The Morgan fingerprint density at radius 2 is 2.06 bits per heavy atom. The van der Waals surface area contributed by atoms with Crippen LogP contribution in [0.5, 0.6) is 0 Å². The molecule has 0 aromatic rings. The number of nitrogens with zero attached hydrogens (tertiary/aromatic N) is 1. The molecule has 0 aliphatic rings. The number of carbonyl (C=O) groups excluding carboxylic acids is 1. The molecule has 16 heavy (non-hydrogen) atoms. The normalized spacial score (nSPS) is 11.2. The van der Waals surface area contributed by atoms with E-state index in [-0.39, 0.29) is 11.5 Å². The molecule has 0 aliphatic heterocycles. The number of halogens is 3. The smallest absolute Gasteiger partial charge is 0.393 e. The quantitative estimate of drug-likeness (QED) is 0.713. The van der Waals surface area contributed by atoms with Gasteiger partial charge >= 0.3 is 6.18 Å². The number of rotatable bonds is 6. The van der Waals surface area contributed by atoms with Gasteiger partial charge in [0.25, 0.3) is 0 Å². The van der Waals surface area contributed by atoms with Crippen LogP contribution in [0.2, 0.25) is 0 Å². The summed E-state index contributed by atoms with van der Waals surface area (Å²) in [7, 11) is 1.44. The molecule has 0 fully saturated rings. The zero-order chi connectivity index (χ0) is 12.8. The number of alkyl halides is 3. The third-order valence-corrected chi connectivity index (χ3v) is 1.81. The van der Waals surface area contributed by atoms with Gasteiger partial charge in [-0.25, -0.2) is 0 Å². The lowest BCUT2D eigenvalue weighted by atomic mass is 10.4. The molecule has 0 saturated heterocycles. The Balaban J connectivity index is 3.75. The van der Waals surface area contributed by atoms with Crippen molar-refractivity contribution in [3.63, 3.8) is 0 Å². The van der Waals surface area contributed by atoms with Gasteiger partial charge < -0.3 is 15.4 Å². The van der Waals surface area contributed by atoms with E-state index in [4.69, 9.17) is 5.73 Å². The third-order valence-electron chi connectivity index (χ3n) is 1.61. The van der Waals surface area contributed by atoms with Crippen molar-refractivity contribution < 1.29 is 22.7 Å². The van der Waals surface area contributed by atoms with Crippen LogP contribution in [0, 0.1) is 0 Å². The van der Waals surface area contributed by atoms with Crippen LogP contribution in [-0.4, -0.2) is 48.8 Å². The van der Waals surface area contributed by atoms with E-state index in [1.165, 1.54) is 11.9 Å². The van der Waals surface area contributed by atoms with Crippen molar-refractivity contribution in [2.75, 3.05) is 26.8 Å². The Morgan fingerprint density at radius 3 is 2.50 bits per heavy atom. The molecular formula is C8H13F3N2O2S. The molecule has 0 atom stereocenters. The molecular weight excluding hydrogens is 245 g/mol. The maximum Gasteiger partial charge on any atom is 0.411 e. The number of likely N-dealkylation sites (N-methyl/N-ethyl adjacent to an activating group) is 1. The Morgan fingerprint density at radius 1 is 1.50 bits per heavy atom. The van der Waals surface area contributed by atoms with Gasteiger partial charge in [0, 0.05) is 20.0 Å². The molecule has 0 rings (SSSR count). The van der Waals surface area contributed by atoms with E-state index in [9.17, 15) is 18.0 Å². The van der Waals surface area contributed by atoms with Gasteiger partial charge in [0.15, 0.2) is 0 Å². The third kappa shape index (κ3) is 8.42. The number of nitrogens with two attached hydrogens (primary N) is 1. The Bertz CT molecular complexity index is 258. The van der Waals surface area contributed by atoms with E-state index in [1.54, 1.807) is 0 Å². The summed E-state index contributed by atoms with van der Waals surface area (Å²) in [6.07, 6.45) is -4.09. The minimum absolute atomic E-state index is 0.246. The lowest BCUT2D eigenvalue weighted by Gasteiger charge is -2.17. The Kier molecular flexibility index (Phi) is 6.27. The van der Waals surface area contributed by atoms with Crippen LogP contribution in [0.1, 0.15) is 6.42 Å². The zero-order valence-electron chi connectivity index (χ0n) is 8.71. The minimum atomic E-state index is -4.42. The molecule has 0 heterocycles. The standard InChI is InChI=1S/C8H13F3N2O2S/c1-13(3-2-6(12)16)7(14)4-15-5-8(9,10)11/h2-5H2,1H3,(H2,12,16). The highest BCUT2D eigenvalue weighted by Gasteiger charge is 2.28. The predicted octanol–water partition coefficient (Wildman–Crippen LogP) is 0.700. The number of carbonyl (C=O) groups is 1. The van der Waals surface area contributed by atoms with Crippen LogP contribution in [0.4, 0.5) is 13.2 Å². The van der Waals surface area contributed by atoms with Gasteiger partial charge in [-0.1, -0.05) is 12.2 Å². The summed E-state index contributed by atoms with van der Waals surface area (Å²) in [5, 5.41) is 0. The van der Waals surface area contributed by atoms with Crippen molar-refractivity contribution >= 4 is 23.1 Å². The number of hydrogen-bond acceptors (Lipinski definition) is 3. The molecule has 94 valence electrons. The average Bonchev–Trinajstić information content (AvgIpc) is 2.11. The van der Waals surface area contributed by atoms with Crippen LogP contribution in [0.3, 0.4) is 0 Å². The molecule has 0 bridgehead atoms. The van der Waals surface area contributed by atoms with Crippen LogP contribution in [0.15, 0.2) is 0 Å². The summed E-state index contributed by atoms with van der Waals surface area (Å²) in [4.78, 5) is 12.7. The lowest BCUT2D eigenvalue weighted by molar-refractivity contribution is -0.177. The van der Waals surface area contributed by atoms with E-state index in [0.717, 1.165) is 0 Å². The van der Waals surface area contributed by atoms with Gasteiger partial charge in [-0.2, -0.15) is 13.2 Å². The number of hydrogen-bond donors (Lipinski definition) is 1. The summed E-state index contributed by atoms with van der Waals surface area (Å²) in [5.41, 5.74) is 5.21. The predicted molar refractivity (Wildman–Crippen MR) is 55.9 cm³/mol. The fourth-order valence-electron chi connectivity index (χ4n) is 0.767. The topological polar surface area (TPSA) is 55.6 Å². The second kappa shape index (κ2) is 6.64. The van der Waals surface area contributed by atoms with E-state index in [1.807, 2.05) is 0 Å². The van der Waals surface area contributed by atoms with Crippen molar-refractivity contribution in [3.05, 3.63) is 0 Å². The maximum absolute atomic E-state index is 11.7. The van der Waals surface area contributed by atoms with Gasteiger partial charge in [0.1, 0.15) is 13.2 Å². The summed E-state index contributed by atoms with van der Waals surface area (Å²) in [6.45, 7) is -1.77. The highest BCUT2D eigenvalue weighted by Crippen LogP contribution is 2.14. The molecule has 0 unspecified atom stereocenters.